The Morgan fingerprint density at radius 2 is 2.62 bits per heavy atom. The zero-order chi connectivity index (χ0) is 9.68. The number of nitrogens with zero attached hydrogens (tertiary/aromatic N) is 2. The first-order valence-corrected chi connectivity index (χ1v) is 4.69. The topological polar surface area (TPSA) is 78.1 Å². The van der Waals surface area contributed by atoms with Crippen molar-refractivity contribution in [3.05, 3.63) is 11.1 Å². The number of rotatable bonds is 4. The lowest BCUT2D eigenvalue weighted by Gasteiger charge is -2.07. The van der Waals surface area contributed by atoms with Crippen LogP contribution in [0.2, 0.25) is 0 Å². The second kappa shape index (κ2) is 4.88. The largest absolute Gasteiger partial charge is 0.465 e. The third-order valence-electron chi connectivity index (χ3n) is 1.42. The van der Waals surface area contributed by atoms with Gasteiger partial charge in [0.2, 0.25) is 0 Å². The van der Waals surface area contributed by atoms with Crippen LogP contribution in [0.15, 0.2) is 6.20 Å². The Bertz CT molecular complexity index is 263. The van der Waals surface area contributed by atoms with Gasteiger partial charge in [0.15, 0.2) is 0 Å². The fourth-order valence-electron chi connectivity index (χ4n) is 0.827. The van der Waals surface area contributed by atoms with E-state index in [4.69, 9.17) is 10.5 Å². The maximum Gasteiger partial charge on any atom is 0.323 e. The van der Waals surface area contributed by atoms with Crippen LogP contribution >= 0.6 is 11.5 Å². The molecule has 0 fully saturated rings. The first kappa shape index (κ1) is 10.1. The maximum absolute atomic E-state index is 11.1. The first-order valence-electron chi connectivity index (χ1n) is 3.92. The fraction of sp³-hybridized carbons (Fsp3) is 0.571. The van der Waals surface area contributed by atoms with Crippen LogP contribution in [-0.2, 0) is 16.0 Å². The summed E-state index contributed by atoms with van der Waals surface area (Å²) in [5.41, 5.74) is 5.57. The summed E-state index contributed by atoms with van der Waals surface area (Å²) in [5.74, 6) is -0.379. The van der Waals surface area contributed by atoms with Crippen LogP contribution in [0.5, 0.6) is 0 Å². The van der Waals surface area contributed by atoms with E-state index in [9.17, 15) is 4.79 Å². The highest BCUT2D eigenvalue weighted by Gasteiger charge is 2.15. The molecule has 2 N–H and O–H groups in total. The van der Waals surface area contributed by atoms with Crippen molar-refractivity contribution in [1.29, 1.82) is 0 Å². The van der Waals surface area contributed by atoms with E-state index in [2.05, 4.69) is 9.59 Å². The molecule has 1 heterocycles. The average molecular weight is 201 g/mol. The predicted octanol–water partition coefficient (Wildman–Crippen LogP) is -0.0290. The van der Waals surface area contributed by atoms with E-state index in [0.29, 0.717) is 13.0 Å². The molecule has 1 atom stereocenters. The quantitative estimate of drug-likeness (QED) is 0.692. The van der Waals surface area contributed by atoms with E-state index in [1.807, 2.05) is 0 Å². The lowest BCUT2D eigenvalue weighted by Crippen LogP contribution is -2.34. The van der Waals surface area contributed by atoms with Crippen molar-refractivity contribution < 1.29 is 9.53 Å². The standard InChI is InChI=1S/C7H11N3O2S/c1-2-12-7(11)6(8)3-5-4-9-10-13-5/h4,6H,2-3,8H2,1H3. The molecule has 0 radical (unpaired) electrons. The Morgan fingerprint density at radius 1 is 1.85 bits per heavy atom. The number of aromatic nitrogens is 2. The van der Waals surface area contributed by atoms with Gasteiger partial charge >= 0.3 is 5.97 Å². The average Bonchev–Trinajstić information content (AvgIpc) is 2.57. The highest BCUT2D eigenvalue weighted by molar-refractivity contribution is 7.05. The Balaban J connectivity index is 2.41. The maximum atomic E-state index is 11.1. The summed E-state index contributed by atoms with van der Waals surface area (Å²) >= 11 is 1.24. The molecular formula is C7H11N3O2S. The van der Waals surface area contributed by atoms with Crippen molar-refractivity contribution >= 4 is 17.5 Å². The predicted molar refractivity (Wildman–Crippen MR) is 48.2 cm³/mol. The number of nitrogens with two attached hydrogens (primary N) is 1. The van der Waals surface area contributed by atoms with Gasteiger partial charge in [0.05, 0.1) is 12.8 Å². The Hall–Kier alpha value is -1.01. The Labute approximate surface area is 80.1 Å². The van der Waals surface area contributed by atoms with E-state index >= 15 is 0 Å². The molecule has 1 aromatic heterocycles. The molecule has 0 bridgehead atoms. The molecule has 0 aliphatic rings. The highest BCUT2D eigenvalue weighted by atomic mass is 32.1. The van der Waals surface area contributed by atoms with Gasteiger partial charge in [0.25, 0.3) is 0 Å². The highest BCUT2D eigenvalue weighted by Crippen LogP contribution is 2.05. The van der Waals surface area contributed by atoms with Crippen LogP contribution in [0.1, 0.15) is 11.8 Å². The smallest absolute Gasteiger partial charge is 0.323 e. The minimum absolute atomic E-state index is 0.355. The second-order valence-corrected chi connectivity index (χ2v) is 3.32. The molecule has 5 nitrogen and oxygen atoms in total. The summed E-state index contributed by atoms with van der Waals surface area (Å²) in [6.45, 7) is 2.10. The van der Waals surface area contributed by atoms with Crippen molar-refractivity contribution in [2.45, 2.75) is 19.4 Å². The molecule has 6 heteroatoms. The molecule has 1 unspecified atom stereocenters. The molecule has 0 amide bonds. The van der Waals surface area contributed by atoms with Gasteiger partial charge in [-0.1, -0.05) is 4.49 Å². The Kier molecular flexibility index (Phi) is 3.78. The fourth-order valence-corrected chi connectivity index (χ4v) is 1.37. The zero-order valence-corrected chi connectivity index (χ0v) is 8.08. The Morgan fingerprint density at radius 3 is 3.15 bits per heavy atom. The van der Waals surface area contributed by atoms with Gasteiger partial charge in [-0.25, -0.2) is 0 Å². The monoisotopic (exact) mass is 201 g/mol. The molecule has 1 aromatic rings. The van der Waals surface area contributed by atoms with E-state index in [0.717, 1.165) is 4.88 Å². The molecule has 13 heavy (non-hydrogen) atoms. The van der Waals surface area contributed by atoms with Crippen LogP contribution in [0.3, 0.4) is 0 Å². The second-order valence-electron chi connectivity index (χ2n) is 2.45. The van der Waals surface area contributed by atoms with Crippen LogP contribution in [-0.4, -0.2) is 28.2 Å². The number of carbonyl (C=O) groups is 1. The lowest BCUT2D eigenvalue weighted by atomic mass is 10.2. The third kappa shape index (κ3) is 3.08. The summed E-state index contributed by atoms with van der Waals surface area (Å²) < 4.78 is 8.42. The minimum atomic E-state index is -0.609. The van der Waals surface area contributed by atoms with Crippen molar-refractivity contribution in [2.24, 2.45) is 5.73 Å². The van der Waals surface area contributed by atoms with E-state index in [1.54, 1.807) is 13.1 Å². The molecule has 0 aromatic carbocycles. The number of esters is 1. The normalized spacial score (nSPS) is 12.5. The number of ether oxygens (including phenoxy) is 1. The molecule has 1 rings (SSSR count). The van der Waals surface area contributed by atoms with Crippen molar-refractivity contribution in [3.63, 3.8) is 0 Å². The third-order valence-corrected chi connectivity index (χ3v) is 2.10. The summed E-state index contributed by atoms with van der Waals surface area (Å²) in [5, 5.41) is 3.64. The van der Waals surface area contributed by atoms with Crippen molar-refractivity contribution in [1.82, 2.24) is 9.59 Å². The van der Waals surface area contributed by atoms with Gasteiger partial charge < -0.3 is 10.5 Å². The van der Waals surface area contributed by atoms with Gasteiger partial charge in [0.1, 0.15) is 6.04 Å². The summed E-state index contributed by atoms with van der Waals surface area (Å²) in [6, 6.07) is -0.609. The molecule has 0 saturated heterocycles. The molecule has 0 saturated carbocycles. The lowest BCUT2D eigenvalue weighted by molar-refractivity contribution is -0.144. The first-order chi connectivity index (χ1) is 6.24. The van der Waals surface area contributed by atoms with Crippen molar-refractivity contribution in [3.8, 4) is 0 Å². The molecule has 0 aliphatic heterocycles. The molecular weight excluding hydrogens is 190 g/mol. The summed E-state index contributed by atoms with van der Waals surface area (Å²) in [6.07, 6.45) is 2.04. The summed E-state index contributed by atoms with van der Waals surface area (Å²) in [7, 11) is 0. The van der Waals surface area contributed by atoms with Gasteiger partial charge in [0, 0.05) is 11.3 Å². The van der Waals surface area contributed by atoms with Gasteiger partial charge in [-0.15, -0.1) is 5.10 Å². The van der Waals surface area contributed by atoms with E-state index < -0.39 is 6.04 Å². The molecule has 0 spiro atoms. The minimum Gasteiger partial charge on any atom is -0.465 e. The van der Waals surface area contributed by atoms with E-state index in [-0.39, 0.29) is 5.97 Å². The van der Waals surface area contributed by atoms with Crippen LogP contribution in [0.25, 0.3) is 0 Å². The number of hydrogen-bond acceptors (Lipinski definition) is 6. The van der Waals surface area contributed by atoms with E-state index in [1.165, 1.54) is 11.5 Å². The molecule has 0 aliphatic carbocycles. The van der Waals surface area contributed by atoms with Crippen LogP contribution in [0, 0.1) is 0 Å². The van der Waals surface area contributed by atoms with Gasteiger partial charge in [-0.05, 0) is 18.5 Å². The number of carbonyl (C=O) groups excluding carboxylic acids is 1. The summed E-state index contributed by atoms with van der Waals surface area (Å²) in [4.78, 5) is 12.0. The van der Waals surface area contributed by atoms with Crippen LogP contribution in [0.4, 0.5) is 0 Å². The SMILES string of the molecule is CCOC(=O)C(N)Cc1cnns1. The zero-order valence-electron chi connectivity index (χ0n) is 7.27. The number of hydrogen-bond donors (Lipinski definition) is 1. The van der Waals surface area contributed by atoms with Crippen molar-refractivity contribution in [2.75, 3.05) is 6.61 Å². The van der Waals surface area contributed by atoms with Crippen LogP contribution < -0.4 is 5.73 Å². The van der Waals surface area contributed by atoms with Gasteiger partial charge in [-0.3, -0.25) is 4.79 Å². The molecule has 72 valence electrons. The van der Waals surface area contributed by atoms with Gasteiger partial charge in [-0.2, -0.15) is 0 Å².